The summed E-state index contributed by atoms with van der Waals surface area (Å²) in [5.74, 6) is -0.267. The van der Waals surface area contributed by atoms with Crippen LogP contribution in [0.4, 0.5) is 5.00 Å². The number of carbonyl (C=O) groups is 2. The maximum absolute atomic E-state index is 12.7. The first-order valence-electron chi connectivity index (χ1n) is 9.65. The molecule has 0 radical (unpaired) electrons. The highest BCUT2D eigenvalue weighted by Gasteiger charge is 2.23. The van der Waals surface area contributed by atoms with Crippen LogP contribution in [0.15, 0.2) is 29.6 Å². The second-order valence-electron chi connectivity index (χ2n) is 7.50. The van der Waals surface area contributed by atoms with Gasteiger partial charge in [0, 0.05) is 17.6 Å². The monoisotopic (exact) mass is 419 g/mol. The van der Waals surface area contributed by atoms with Crippen molar-refractivity contribution in [3.63, 3.8) is 0 Å². The lowest BCUT2D eigenvalue weighted by atomic mass is 10.0. The number of aryl methyl sites for hydroxylation is 2. The summed E-state index contributed by atoms with van der Waals surface area (Å²) in [6, 6.07) is 8.28. The van der Waals surface area contributed by atoms with Gasteiger partial charge in [0.1, 0.15) is 5.00 Å². The minimum Gasteiger partial charge on any atom is -0.349 e. The lowest BCUT2D eigenvalue weighted by molar-refractivity contribution is 0.0927. The van der Waals surface area contributed by atoms with Crippen LogP contribution in [0.25, 0.3) is 0 Å². The van der Waals surface area contributed by atoms with E-state index in [1.165, 1.54) is 22.5 Å². The zero-order valence-electron chi connectivity index (χ0n) is 15.9. The molecule has 2 aromatic rings. The number of nitrogens with one attached hydrogen (secondary N) is 3. The van der Waals surface area contributed by atoms with E-state index >= 15 is 0 Å². The Bertz CT molecular complexity index is 867. The van der Waals surface area contributed by atoms with Gasteiger partial charge in [-0.2, -0.15) is 0 Å². The Morgan fingerprint density at radius 3 is 2.79 bits per heavy atom. The van der Waals surface area contributed by atoms with Gasteiger partial charge >= 0.3 is 0 Å². The Morgan fingerprint density at radius 1 is 1.14 bits per heavy atom. The molecule has 4 rings (SSSR count). The van der Waals surface area contributed by atoms with Crippen molar-refractivity contribution in [1.82, 2.24) is 10.6 Å². The molecule has 1 saturated heterocycles. The number of hydrogen-bond donors (Lipinski definition) is 3. The number of fused-ring (bicyclic) bond motifs is 1. The summed E-state index contributed by atoms with van der Waals surface area (Å²) >= 11 is 1.38. The third-order valence-electron chi connectivity index (χ3n) is 5.46. The highest BCUT2D eigenvalue weighted by atomic mass is 35.5. The number of carbonyl (C=O) groups excluding carboxylic acids is 2. The van der Waals surface area contributed by atoms with E-state index in [0.717, 1.165) is 38.6 Å². The molecule has 0 spiro atoms. The van der Waals surface area contributed by atoms with Gasteiger partial charge in [-0.3, -0.25) is 9.59 Å². The lowest BCUT2D eigenvalue weighted by Crippen LogP contribution is -2.46. The molecule has 7 heteroatoms. The Kier molecular flexibility index (Phi) is 6.75. The molecule has 2 aliphatic rings. The van der Waals surface area contributed by atoms with Crippen molar-refractivity contribution >= 4 is 40.6 Å². The van der Waals surface area contributed by atoms with Gasteiger partial charge < -0.3 is 16.0 Å². The van der Waals surface area contributed by atoms with Crippen LogP contribution in [0.3, 0.4) is 0 Å². The molecule has 1 aromatic carbocycles. The summed E-state index contributed by atoms with van der Waals surface area (Å²) in [7, 11) is 0. The highest BCUT2D eigenvalue weighted by molar-refractivity contribution is 7.14. The summed E-state index contributed by atoms with van der Waals surface area (Å²) in [4.78, 5) is 25.4. The van der Waals surface area contributed by atoms with E-state index in [2.05, 4.69) is 28.9 Å². The molecule has 5 nitrogen and oxygen atoms in total. The van der Waals surface area contributed by atoms with Crippen LogP contribution in [-0.2, 0) is 12.8 Å². The third-order valence-corrected chi connectivity index (χ3v) is 6.29. The van der Waals surface area contributed by atoms with E-state index in [1.807, 2.05) is 17.5 Å². The van der Waals surface area contributed by atoms with E-state index in [4.69, 9.17) is 0 Å². The molecule has 1 fully saturated rings. The van der Waals surface area contributed by atoms with E-state index in [0.29, 0.717) is 22.2 Å². The molecule has 0 saturated carbocycles. The first kappa shape index (κ1) is 20.8. The molecule has 2 heterocycles. The third kappa shape index (κ3) is 4.57. The average molecular weight is 420 g/mol. The standard InChI is InChI=1S/C21H25N3O2S.ClH/c1-13-11-17(7-9-22-13)23-20(26)18-8-10-27-21(18)24-19(25)16-6-5-14-3-2-4-15(14)12-16;/h5-6,8,10,12-13,17,22H,2-4,7,9,11H2,1H3,(H,23,26)(H,24,25);1H. The Morgan fingerprint density at radius 2 is 1.96 bits per heavy atom. The van der Waals surface area contributed by atoms with Gasteiger partial charge in [0.2, 0.25) is 0 Å². The van der Waals surface area contributed by atoms with Crippen LogP contribution in [0.5, 0.6) is 0 Å². The van der Waals surface area contributed by atoms with E-state index in [-0.39, 0.29) is 30.3 Å². The predicted molar refractivity (Wildman–Crippen MR) is 116 cm³/mol. The first-order valence-corrected chi connectivity index (χ1v) is 10.5. The van der Waals surface area contributed by atoms with Gasteiger partial charge in [-0.25, -0.2) is 0 Å². The van der Waals surface area contributed by atoms with Gasteiger partial charge in [-0.05, 0) is 80.3 Å². The Balaban J connectivity index is 0.00000225. The zero-order chi connectivity index (χ0) is 18.8. The van der Waals surface area contributed by atoms with Crippen molar-refractivity contribution in [3.8, 4) is 0 Å². The molecule has 150 valence electrons. The number of piperidine rings is 1. The van der Waals surface area contributed by atoms with Crippen molar-refractivity contribution in [1.29, 1.82) is 0 Å². The van der Waals surface area contributed by atoms with Crippen LogP contribution in [-0.4, -0.2) is 30.4 Å². The number of halogens is 1. The molecule has 2 atom stereocenters. The van der Waals surface area contributed by atoms with Gasteiger partial charge in [-0.15, -0.1) is 23.7 Å². The topological polar surface area (TPSA) is 70.2 Å². The fraction of sp³-hybridized carbons (Fsp3) is 0.429. The minimum absolute atomic E-state index is 0. The van der Waals surface area contributed by atoms with Crippen LogP contribution in [0.2, 0.25) is 0 Å². The molecular weight excluding hydrogens is 394 g/mol. The molecule has 2 amide bonds. The average Bonchev–Trinajstić information content (AvgIpc) is 3.30. The van der Waals surface area contributed by atoms with Crippen LogP contribution in [0.1, 0.15) is 58.0 Å². The van der Waals surface area contributed by atoms with Crippen LogP contribution >= 0.6 is 23.7 Å². The fourth-order valence-electron chi connectivity index (χ4n) is 4.00. The molecule has 1 aliphatic heterocycles. The minimum atomic E-state index is -0.156. The van der Waals surface area contributed by atoms with Crippen molar-refractivity contribution in [2.24, 2.45) is 0 Å². The summed E-state index contributed by atoms with van der Waals surface area (Å²) < 4.78 is 0. The second kappa shape index (κ2) is 9.07. The predicted octanol–water partition coefficient (Wildman–Crippen LogP) is 3.78. The molecular formula is C21H26ClN3O2S. The quantitative estimate of drug-likeness (QED) is 0.706. The fourth-order valence-corrected chi connectivity index (χ4v) is 4.78. The van der Waals surface area contributed by atoms with Crippen molar-refractivity contribution < 1.29 is 9.59 Å². The Hall–Kier alpha value is -1.89. The molecule has 0 bridgehead atoms. The largest absolute Gasteiger partial charge is 0.349 e. The highest BCUT2D eigenvalue weighted by Crippen LogP contribution is 2.26. The normalized spacial score (nSPS) is 20.8. The van der Waals surface area contributed by atoms with E-state index in [9.17, 15) is 9.59 Å². The number of anilines is 1. The zero-order valence-corrected chi connectivity index (χ0v) is 17.6. The number of benzene rings is 1. The Labute approximate surface area is 175 Å². The number of rotatable bonds is 4. The smallest absolute Gasteiger partial charge is 0.256 e. The molecule has 1 aliphatic carbocycles. The summed E-state index contributed by atoms with van der Waals surface area (Å²) in [6.07, 6.45) is 5.15. The summed E-state index contributed by atoms with van der Waals surface area (Å²) in [6.45, 7) is 3.04. The van der Waals surface area contributed by atoms with Crippen molar-refractivity contribution in [2.75, 3.05) is 11.9 Å². The number of amides is 2. The van der Waals surface area contributed by atoms with Crippen molar-refractivity contribution in [2.45, 2.75) is 51.1 Å². The summed E-state index contributed by atoms with van der Waals surface area (Å²) in [5, 5.41) is 11.9. The lowest BCUT2D eigenvalue weighted by Gasteiger charge is -2.28. The van der Waals surface area contributed by atoms with Gasteiger partial charge in [0.15, 0.2) is 0 Å². The summed E-state index contributed by atoms with van der Waals surface area (Å²) in [5.41, 5.74) is 3.81. The van der Waals surface area contributed by atoms with E-state index in [1.54, 1.807) is 6.07 Å². The van der Waals surface area contributed by atoms with E-state index < -0.39 is 0 Å². The second-order valence-corrected chi connectivity index (χ2v) is 8.42. The molecule has 2 unspecified atom stereocenters. The maximum Gasteiger partial charge on any atom is 0.256 e. The SMILES string of the molecule is CC1CC(NC(=O)c2ccsc2NC(=O)c2ccc3c(c2)CCC3)CCN1.Cl. The van der Waals surface area contributed by atoms with Crippen molar-refractivity contribution in [3.05, 3.63) is 51.9 Å². The van der Waals surface area contributed by atoms with Gasteiger partial charge in [0.05, 0.1) is 5.56 Å². The molecule has 28 heavy (non-hydrogen) atoms. The maximum atomic E-state index is 12.7. The number of hydrogen-bond acceptors (Lipinski definition) is 4. The molecule has 1 aromatic heterocycles. The number of thiophene rings is 1. The van der Waals surface area contributed by atoms with Gasteiger partial charge in [0.25, 0.3) is 11.8 Å². The van der Waals surface area contributed by atoms with Crippen LogP contribution in [0, 0.1) is 0 Å². The van der Waals surface area contributed by atoms with Gasteiger partial charge in [-0.1, -0.05) is 6.07 Å². The molecule has 3 N–H and O–H groups in total. The van der Waals surface area contributed by atoms with Crippen LogP contribution < -0.4 is 16.0 Å². The first-order chi connectivity index (χ1) is 13.1.